The van der Waals surface area contributed by atoms with Gasteiger partial charge in [0.25, 0.3) is 0 Å². The van der Waals surface area contributed by atoms with Crippen LogP contribution in [-0.2, 0) is 9.47 Å². The fourth-order valence-electron chi connectivity index (χ4n) is 4.89. The number of ether oxygens (including phenoxy) is 2. The normalized spacial score (nSPS) is 17.8. The lowest BCUT2D eigenvalue weighted by Crippen LogP contribution is -2.44. The summed E-state index contributed by atoms with van der Waals surface area (Å²) in [7, 11) is 3.60. The molecule has 0 radical (unpaired) electrons. The Morgan fingerprint density at radius 1 is 1.15 bits per heavy atom. The molecule has 0 unspecified atom stereocenters. The van der Waals surface area contributed by atoms with Gasteiger partial charge in [0.2, 0.25) is 0 Å². The maximum atomic E-state index is 12.7. The van der Waals surface area contributed by atoms with Gasteiger partial charge in [0, 0.05) is 69.4 Å². The highest BCUT2D eigenvalue weighted by atomic mass is 16.5. The van der Waals surface area contributed by atoms with Crippen LogP contribution in [0.15, 0.2) is 30.5 Å². The second-order valence-corrected chi connectivity index (χ2v) is 8.98. The standard InChI is InChI=1S/C26H36N4O3/c1-5-30(22-8-14-33-15-9-22)24-17-21(16-23(19(24)2)26(31)32-4)20-6-7-25(27-18-20)29-12-10-28(3)11-13-29/h6-7,16-18,22H,5,8-15H2,1-4H3. The van der Waals surface area contributed by atoms with Gasteiger partial charge in [0.05, 0.1) is 12.7 Å². The van der Waals surface area contributed by atoms with E-state index in [1.165, 1.54) is 7.11 Å². The van der Waals surface area contributed by atoms with Gasteiger partial charge >= 0.3 is 5.97 Å². The maximum Gasteiger partial charge on any atom is 0.338 e. The molecule has 4 rings (SSSR count). The van der Waals surface area contributed by atoms with Crippen LogP contribution >= 0.6 is 0 Å². The van der Waals surface area contributed by atoms with Gasteiger partial charge in [-0.1, -0.05) is 0 Å². The van der Waals surface area contributed by atoms with Gasteiger partial charge in [-0.3, -0.25) is 0 Å². The Morgan fingerprint density at radius 2 is 1.88 bits per heavy atom. The van der Waals surface area contributed by atoms with Crippen LogP contribution in [0.3, 0.4) is 0 Å². The van der Waals surface area contributed by atoms with E-state index >= 15 is 0 Å². The summed E-state index contributed by atoms with van der Waals surface area (Å²) in [4.78, 5) is 24.5. The first-order chi connectivity index (χ1) is 16.0. The minimum atomic E-state index is -0.305. The van der Waals surface area contributed by atoms with Crippen molar-refractivity contribution in [1.29, 1.82) is 0 Å². The largest absolute Gasteiger partial charge is 0.465 e. The van der Waals surface area contributed by atoms with Crippen LogP contribution in [0.5, 0.6) is 0 Å². The number of methoxy groups -OCH3 is 1. The molecule has 2 saturated heterocycles. The Bertz CT molecular complexity index is 949. The van der Waals surface area contributed by atoms with Crippen LogP contribution in [0.1, 0.15) is 35.7 Å². The molecular formula is C26H36N4O3. The predicted molar refractivity (Wildman–Crippen MR) is 132 cm³/mol. The van der Waals surface area contributed by atoms with Gasteiger partial charge in [-0.2, -0.15) is 0 Å². The summed E-state index contributed by atoms with van der Waals surface area (Å²) in [5.74, 6) is 0.699. The Balaban J connectivity index is 1.68. The minimum absolute atomic E-state index is 0.305. The van der Waals surface area contributed by atoms with Crippen LogP contribution in [0.25, 0.3) is 11.1 Å². The van der Waals surface area contributed by atoms with E-state index in [1.807, 2.05) is 19.2 Å². The smallest absolute Gasteiger partial charge is 0.338 e. The molecule has 0 bridgehead atoms. The van der Waals surface area contributed by atoms with Gasteiger partial charge < -0.3 is 24.2 Å². The van der Waals surface area contributed by atoms with Crippen molar-refractivity contribution >= 4 is 17.5 Å². The van der Waals surface area contributed by atoms with E-state index in [2.05, 4.69) is 46.9 Å². The molecule has 2 aromatic rings. The van der Waals surface area contributed by atoms with Crippen LogP contribution < -0.4 is 9.80 Å². The monoisotopic (exact) mass is 452 g/mol. The summed E-state index contributed by atoms with van der Waals surface area (Å²) in [6.45, 7) is 10.7. The summed E-state index contributed by atoms with van der Waals surface area (Å²) in [6, 6.07) is 8.75. The van der Waals surface area contributed by atoms with Crippen LogP contribution in [-0.4, -0.2) is 82.0 Å². The molecule has 0 aliphatic carbocycles. The predicted octanol–water partition coefficient (Wildman–Crippen LogP) is 3.60. The zero-order valence-corrected chi connectivity index (χ0v) is 20.3. The van der Waals surface area contributed by atoms with Crippen molar-refractivity contribution in [3.8, 4) is 11.1 Å². The summed E-state index contributed by atoms with van der Waals surface area (Å²) in [6.07, 6.45) is 3.91. The number of likely N-dealkylation sites (N-methyl/N-ethyl adjacent to an activating group) is 1. The number of nitrogens with zero attached hydrogens (tertiary/aromatic N) is 4. The van der Waals surface area contributed by atoms with Gasteiger partial charge in [-0.15, -0.1) is 0 Å². The fraction of sp³-hybridized carbons (Fsp3) is 0.538. The molecule has 1 aromatic carbocycles. The molecule has 0 atom stereocenters. The van der Waals surface area contributed by atoms with Gasteiger partial charge in [0.15, 0.2) is 0 Å². The number of hydrogen-bond acceptors (Lipinski definition) is 7. The molecule has 33 heavy (non-hydrogen) atoms. The summed E-state index contributed by atoms with van der Waals surface area (Å²) < 4.78 is 10.7. The van der Waals surface area contributed by atoms with Crippen molar-refractivity contribution in [2.45, 2.75) is 32.7 Å². The number of hydrogen-bond donors (Lipinski definition) is 0. The SMILES string of the molecule is CCN(c1cc(-c2ccc(N3CCN(C)CC3)nc2)cc(C(=O)OC)c1C)C1CCOCC1. The van der Waals surface area contributed by atoms with Crippen LogP contribution in [0, 0.1) is 6.92 Å². The molecule has 2 aliphatic heterocycles. The molecule has 0 amide bonds. The highest BCUT2D eigenvalue weighted by Gasteiger charge is 2.25. The van der Waals surface area contributed by atoms with E-state index in [-0.39, 0.29) is 5.97 Å². The summed E-state index contributed by atoms with van der Waals surface area (Å²) in [5, 5.41) is 0. The first-order valence-corrected chi connectivity index (χ1v) is 12.0. The fourth-order valence-corrected chi connectivity index (χ4v) is 4.89. The highest BCUT2D eigenvalue weighted by Crippen LogP contribution is 2.34. The first-order valence-electron chi connectivity index (χ1n) is 12.0. The summed E-state index contributed by atoms with van der Waals surface area (Å²) in [5.41, 5.74) is 4.64. The third-order valence-electron chi connectivity index (χ3n) is 6.98. The van der Waals surface area contributed by atoms with Crippen molar-refractivity contribution in [2.24, 2.45) is 0 Å². The zero-order valence-electron chi connectivity index (χ0n) is 20.3. The Kier molecular flexibility index (Phi) is 7.50. The maximum absolute atomic E-state index is 12.7. The van der Waals surface area contributed by atoms with E-state index in [0.29, 0.717) is 11.6 Å². The quantitative estimate of drug-likeness (QED) is 0.621. The number of carbonyl (C=O) groups is 1. The van der Waals surface area contributed by atoms with Gasteiger partial charge in [-0.25, -0.2) is 9.78 Å². The van der Waals surface area contributed by atoms with Crippen molar-refractivity contribution < 1.29 is 14.3 Å². The van der Waals surface area contributed by atoms with Crippen molar-refractivity contribution in [1.82, 2.24) is 9.88 Å². The first kappa shape index (κ1) is 23.5. The molecule has 7 nitrogen and oxygen atoms in total. The van der Waals surface area contributed by atoms with Crippen molar-refractivity contribution in [3.05, 3.63) is 41.6 Å². The third-order valence-corrected chi connectivity index (χ3v) is 6.98. The van der Waals surface area contributed by atoms with E-state index in [0.717, 1.165) is 87.0 Å². The molecule has 7 heteroatoms. The van der Waals surface area contributed by atoms with E-state index in [1.54, 1.807) is 0 Å². The number of benzene rings is 1. The number of piperazine rings is 1. The Labute approximate surface area is 197 Å². The molecule has 2 fully saturated rings. The topological polar surface area (TPSA) is 58.1 Å². The lowest BCUT2D eigenvalue weighted by molar-refractivity contribution is 0.0599. The van der Waals surface area contributed by atoms with Gasteiger partial charge in [0.1, 0.15) is 5.82 Å². The minimum Gasteiger partial charge on any atom is -0.465 e. The molecule has 0 N–H and O–H groups in total. The number of aromatic nitrogens is 1. The number of rotatable bonds is 6. The van der Waals surface area contributed by atoms with Gasteiger partial charge in [-0.05, 0) is 69.1 Å². The number of anilines is 2. The molecular weight excluding hydrogens is 416 g/mol. The van der Waals surface area contributed by atoms with E-state index in [4.69, 9.17) is 14.5 Å². The van der Waals surface area contributed by atoms with E-state index < -0.39 is 0 Å². The van der Waals surface area contributed by atoms with E-state index in [9.17, 15) is 4.79 Å². The highest BCUT2D eigenvalue weighted by molar-refractivity contribution is 5.95. The average Bonchev–Trinajstić information content (AvgIpc) is 2.86. The molecule has 1 aromatic heterocycles. The third kappa shape index (κ3) is 5.14. The number of pyridine rings is 1. The Morgan fingerprint density at radius 3 is 2.48 bits per heavy atom. The second-order valence-electron chi connectivity index (χ2n) is 8.98. The van der Waals surface area contributed by atoms with Crippen LogP contribution in [0.2, 0.25) is 0 Å². The summed E-state index contributed by atoms with van der Waals surface area (Å²) >= 11 is 0. The molecule has 3 heterocycles. The Hall–Kier alpha value is -2.64. The number of esters is 1. The molecule has 0 saturated carbocycles. The lowest BCUT2D eigenvalue weighted by atomic mass is 9.96. The zero-order chi connectivity index (χ0) is 23.4. The second kappa shape index (κ2) is 10.5. The number of carbonyl (C=O) groups excluding carboxylic acids is 1. The van der Waals surface area contributed by atoms with Crippen molar-refractivity contribution in [2.75, 3.05) is 69.9 Å². The lowest BCUT2D eigenvalue weighted by Gasteiger charge is -2.37. The van der Waals surface area contributed by atoms with Crippen LogP contribution in [0.4, 0.5) is 11.5 Å². The molecule has 2 aliphatic rings. The molecule has 0 spiro atoms. The average molecular weight is 453 g/mol. The van der Waals surface area contributed by atoms with Crippen molar-refractivity contribution in [3.63, 3.8) is 0 Å². The molecule has 178 valence electrons.